The molecule has 0 bridgehead atoms. The zero-order valence-corrected chi connectivity index (χ0v) is 27.9. The van der Waals surface area contributed by atoms with Crippen LogP contribution in [0, 0.1) is 0 Å². The molecule has 0 atom stereocenters. The zero-order valence-electron chi connectivity index (χ0n) is 26.9. The third kappa shape index (κ3) is 6.80. The van der Waals surface area contributed by atoms with Crippen LogP contribution in [0.5, 0.6) is 0 Å². The Morgan fingerprint density at radius 3 is 1.78 bits per heavy atom. The van der Waals surface area contributed by atoms with Crippen LogP contribution >= 0.6 is 0 Å². The fraction of sp³-hybridized carbons (Fsp3) is 0.263. The number of hydrogen-bond acceptors (Lipinski definition) is 5. The molecular weight excluding hydrogens is 579 g/mol. The van der Waals surface area contributed by atoms with Gasteiger partial charge in [-0.25, -0.2) is 9.59 Å². The predicted molar refractivity (Wildman–Crippen MR) is 182 cm³/mol. The Morgan fingerprint density at radius 1 is 0.689 bits per heavy atom. The van der Waals surface area contributed by atoms with E-state index in [9.17, 15) is 9.59 Å². The first-order valence-corrected chi connectivity index (χ1v) is 17.1. The molecule has 0 saturated heterocycles. The van der Waals surface area contributed by atoms with Gasteiger partial charge in [0.15, 0.2) is 0 Å². The van der Waals surface area contributed by atoms with Gasteiger partial charge in [0.25, 0.3) is 8.32 Å². The number of fused-ring (bicyclic) bond motifs is 1. The first kappa shape index (κ1) is 31.9. The summed E-state index contributed by atoms with van der Waals surface area (Å²) in [6.07, 6.45) is 1.21. The standard InChI is InChI=1S/C38H41NO5Si/c1-37(2,3)44-36(41)39-25-29(34-32(23-16-24-33(34)39)35(40)42-26-28-17-10-7-11-18-28)27-43-45(38(4,5)6,30-19-12-8-13-20-30)31-21-14-9-15-22-31/h7-25H,26-27H2,1-6H3. The molecule has 0 amide bonds. The number of nitrogens with zero attached hydrogens (tertiary/aromatic N) is 1. The molecule has 1 aromatic heterocycles. The van der Waals surface area contributed by atoms with Crippen LogP contribution in [0.2, 0.25) is 5.04 Å². The van der Waals surface area contributed by atoms with Crippen molar-refractivity contribution in [2.45, 2.75) is 65.4 Å². The maximum atomic E-state index is 13.6. The number of carbonyl (C=O) groups is 2. The van der Waals surface area contributed by atoms with Crippen LogP contribution in [0.15, 0.2) is 115 Å². The van der Waals surface area contributed by atoms with E-state index in [0.717, 1.165) is 15.9 Å². The van der Waals surface area contributed by atoms with Gasteiger partial charge in [-0.1, -0.05) is 118 Å². The van der Waals surface area contributed by atoms with Crippen molar-refractivity contribution in [2.75, 3.05) is 0 Å². The molecule has 0 unspecified atom stereocenters. The fourth-order valence-corrected chi connectivity index (χ4v) is 10.4. The van der Waals surface area contributed by atoms with Gasteiger partial charge in [0.2, 0.25) is 0 Å². The molecule has 0 aliphatic carbocycles. The van der Waals surface area contributed by atoms with Gasteiger partial charge in [-0.3, -0.25) is 4.57 Å². The lowest BCUT2D eigenvalue weighted by atomic mass is 10.1. The quantitative estimate of drug-likeness (QED) is 0.131. The zero-order chi connectivity index (χ0) is 32.2. The number of ether oxygens (including phenoxy) is 2. The Labute approximate surface area is 266 Å². The molecule has 232 valence electrons. The second-order valence-electron chi connectivity index (χ2n) is 13.2. The summed E-state index contributed by atoms with van der Waals surface area (Å²) in [5.41, 5.74) is 1.81. The molecule has 1 heterocycles. The topological polar surface area (TPSA) is 66.8 Å². The second kappa shape index (κ2) is 12.9. The van der Waals surface area contributed by atoms with E-state index in [1.54, 1.807) is 18.3 Å². The summed E-state index contributed by atoms with van der Waals surface area (Å²) in [5.74, 6) is -0.474. The van der Waals surface area contributed by atoms with Crippen molar-refractivity contribution >= 4 is 41.7 Å². The predicted octanol–water partition coefficient (Wildman–Crippen LogP) is 7.86. The van der Waals surface area contributed by atoms with Gasteiger partial charge in [-0.05, 0) is 53.9 Å². The minimum absolute atomic E-state index is 0.136. The SMILES string of the molecule is CC(C)(C)OC(=O)n1cc(CO[Si](c2ccccc2)(c2ccccc2)C(C)(C)C)c2c(C(=O)OCc3ccccc3)cccc21. The summed E-state index contributed by atoms with van der Waals surface area (Å²) in [5, 5.41) is 2.64. The van der Waals surface area contributed by atoms with Crippen molar-refractivity contribution in [3.63, 3.8) is 0 Å². The molecule has 0 spiro atoms. The van der Waals surface area contributed by atoms with E-state index in [2.05, 4.69) is 45.0 Å². The smallest absolute Gasteiger partial charge is 0.419 e. The lowest BCUT2D eigenvalue weighted by molar-refractivity contribution is 0.0473. The van der Waals surface area contributed by atoms with Crippen LogP contribution in [-0.2, 0) is 27.1 Å². The van der Waals surface area contributed by atoms with Crippen molar-refractivity contribution in [1.82, 2.24) is 4.57 Å². The van der Waals surface area contributed by atoms with Gasteiger partial charge >= 0.3 is 12.1 Å². The van der Waals surface area contributed by atoms with E-state index in [-0.39, 0.29) is 18.3 Å². The summed E-state index contributed by atoms with van der Waals surface area (Å²) in [6, 6.07) is 35.6. The molecule has 0 fully saturated rings. The minimum Gasteiger partial charge on any atom is -0.457 e. The molecule has 45 heavy (non-hydrogen) atoms. The Morgan fingerprint density at radius 2 is 1.24 bits per heavy atom. The first-order valence-electron chi connectivity index (χ1n) is 15.2. The number of hydrogen-bond donors (Lipinski definition) is 0. The summed E-state index contributed by atoms with van der Waals surface area (Å²) in [7, 11) is -2.92. The van der Waals surface area contributed by atoms with Gasteiger partial charge in [-0.15, -0.1) is 0 Å². The molecule has 0 N–H and O–H groups in total. The van der Waals surface area contributed by atoms with Crippen LogP contribution in [0.3, 0.4) is 0 Å². The minimum atomic E-state index is -2.92. The normalized spacial score (nSPS) is 12.2. The number of aromatic nitrogens is 1. The van der Waals surface area contributed by atoms with E-state index >= 15 is 0 Å². The highest BCUT2D eigenvalue weighted by Crippen LogP contribution is 2.38. The lowest BCUT2D eigenvalue weighted by Gasteiger charge is -2.43. The summed E-state index contributed by atoms with van der Waals surface area (Å²) in [4.78, 5) is 27.1. The molecule has 6 nitrogen and oxygen atoms in total. The third-order valence-electron chi connectivity index (χ3n) is 7.79. The van der Waals surface area contributed by atoms with Crippen LogP contribution in [0.1, 0.15) is 63.0 Å². The molecule has 5 aromatic rings. The molecule has 7 heteroatoms. The molecule has 0 aliphatic heterocycles. The molecule has 0 aliphatic rings. The summed E-state index contributed by atoms with van der Waals surface area (Å²) < 4.78 is 20.2. The van der Waals surface area contributed by atoms with Gasteiger partial charge in [-0.2, -0.15) is 0 Å². The van der Waals surface area contributed by atoms with Crippen LogP contribution in [0.25, 0.3) is 10.9 Å². The van der Waals surface area contributed by atoms with Gasteiger partial charge in [0, 0.05) is 17.1 Å². The second-order valence-corrected chi connectivity index (χ2v) is 17.5. The van der Waals surface area contributed by atoms with E-state index in [1.165, 1.54) is 4.57 Å². The number of benzene rings is 4. The highest BCUT2D eigenvalue weighted by atomic mass is 28.4. The van der Waals surface area contributed by atoms with Gasteiger partial charge in [0.05, 0.1) is 17.7 Å². The van der Waals surface area contributed by atoms with Gasteiger partial charge < -0.3 is 13.9 Å². The summed E-state index contributed by atoms with van der Waals surface area (Å²) >= 11 is 0. The van der Waals surface area contributed by atoms with E-state index in [1.807, 2.05) is 93.6 Å². The summed E-state index contributed by atoms with van der Waals surface area (Å²) in [6.45, 7) is 12.4. The monoisotopic (exact) mass is 619 g/mol. The van der Waals surface area contributed by atoms with E-state index in [0.29, 0.717) is 22.0 Å². The Hall–Kier alpha value is -4.46. The van der Waals surface area contributed by atoms with Crippen molar-refractivity contribution in [2.24, 2.45) is 0 Å². The van der Waals surface area contributed by atoms with Crippen LogP contribution < -0.4 is 10.4 Å². The van der Waals surface area contributed by atoms with Crippen LogP contribution in [-0.4, -0.2) is 30.5 Å². The molecule has 0 saturated carbocycles. The first-order chi connectivity index (χ1) is 21.4. The van der Waals surface area contributed by atoms with Crippen LogP contribution in [0.4, 0.5) is 4.79 Å². The lowest BCUT2D eigenvalue weighted by Crippen LogP contribution is -2.66. The Bertz CT molecular complexity index is 1730. The highest BCUT2D eigenvalue weighted by molar-refractivity contribution is 6.99. The van der Waals surface area contributed by atoms with Crippen molar-refractivity contribution in [3.05, 3.63) is 132 Å². The van der Waals surface area contributed by atoms with E-state index in [4.69, 9.17) is 13.9 Å². The fourth-order valence-electron chi connectivity index (χ4n) is 5.86. The van der Waals surface area contributed by atoms with Crippen molar-refractivity contribution in [1.29, 1.82) is 0 Å². The molecule has 5 rings (SSSR count). The Balaban J connectivity index is 1.63. The Kier molecular flexibility index (Phi) is 9.14. The van der Waals surface area contributed by atoms with Gasteiger partial charge in [0.1, 0.15) is 12.2 Å². The van der Waals surface area contributed by atoms with E-state index < -0.39 is 26.0 Å². The number of carbonyl (C=O) groups excluding carboxylic acids is 2. The molecular formula is C38H41NO5Si. The number of esters is 1. The third-order valence-corrected chi connectivity index (χ3v) is 12.8. The molecule has 4 aromatic carbocycles. The molecule has 0 radical (unpaired) electrons. The van der Waals surface area contributed by atoms with Crippen molar-refractivity contribution < 1.29 is 23.5 Å². The maximum absolute atomic E-state index is 13.6. The highest BCUT2D eigenvalue weighted by Gasteiger charge is 2.50. The van der Waals surface area contributed by atoms with Crippen molar-refractivity contribution in [3.8, 4) is 0 Å². The average molecular weight is 620 g/mol. The maximum Gasteiger partial charge on any atom is 0.419 e. The average Bonchev–Trinajstić information content (AvgIpc) is 3.39. The largest absolute Gasteiger partial charge is 0.457 e. The number of rotatable bonds is 8.